The van der Waals surface area contributed by atoms with E-state index in [1.54, 1.807) is 0 Å². The fourth-order valence-electron chi connectivity index (χ4n) is 4.14. The van der Waals surface area contributed by atoms with Gasteiger partial charge in [-0.1, -0.05) is 61.9 Å². The number of hydrogen-bond acceptors (Lipinski definition) is 6. The van der Waals surface area contributed by atoms with E-state index >= 15 is 0 Å². The summed E-state index contributed by atoms with van der Waals surface area (Å²) in [5, 5.41) is 12.0. The molecule has 1 amide bonds. The molecule has 1 atom stereocenters. The molecular formula is C26H27N3O6. The third-order valence-corrected chi connectivity index (χ3v) is 5.92. The Labute approximate surface area is 202 Å². The second kappa shape index (κ2) is 10.9. The van der Waals surface area contributed by atoms with Gasteiger partial charge < -0.3 is 19.9 Å². The summed E-state index contributed by atoms with van der Waals surface area (Å²) in [5.41, 5.74) is 4.65. The lowest BCUT2D eigenvalue weighted by molar-refractivity contribution is -0.139. The van der Waals surface area contributed by atoms with Crippen molar-refractivity contribution in [3.05, 3.63) is 77.9 Å². The van der Waals surface area contributed by atoms with Gasteiger partial charge in [0.2, 0.25) is 0 Å². The van der Waals surface area contributed by atoms with E-state index in [9.17, 15) is 19.5 Å². The number of carboxylic acids is 1. The topological polar surface area (TPSA) is 120 Å². The number of ether oxygens (including phenoxy) is 2. The second-order valence-electron chi connectivity index (χ2n) is 8.31. The monoisotopic (exact) mass is 477 g/mol. The van der Waals surface area contributed by atoms with Crippen molar-refractivity contribution in [2.24, 2.45) is 0 Å². The average Bonchev–Trinajstić information content (AvgIpc) is 3.45. The summed E-state index contributed by atoms with van der Waals surface area (Å²) in [5.74, 6) is -1.37. The number of hydrogen-bond donors (Lipinski definition) is 2. The van der Waals surface area contributed by atoms with Gasteiger partial charge in [-0.3, -0.25) is 0 Å². The first-order valence-corrected chi connectivity index (χ1v) is 11.5. The van der Waals surface area contributed by atoms with Gasteiger partial charge in [0.05, 0.1) is 12.3 Å². The largest absolute Gasteiger partial charge is 0.480 e. The van der Waals surface area contributed by atoms with Crippen LogP contribution in [0.15, 0.2) is 61.1 Å². The normalized spacial score (nSPS) is 12.9. The molecule has 2 N–H and O–H groups in total. The van der Waals surface area contributed by atoms with Crippen LogP contribution in [0.4, 0.5) is 9.59 Å². The van der Waals surface area contributed by atoms with E-state index in [1.165, 1.54) is 12.5 Å². The Bertz CT molecular complexity index is 1180. The molecule has 0 bridgehead atoms. The smallest absolute Gasteiger partial charge is 0.419 e. The summed E-state index contributed by atoms with van der Waals surface area (Å²) in [6.45, 7) is 2.35. The maximum Gasteiger partial charge on any atom is 0.419 e. The van der Waals surface area contributed by atoms with E-state index in [4.69, 9.17) is 9.47 Å². The van der Waals surface area contributed by atoms with Crippen LogP contribution in [0.2, 0.25) is 0 Å². The number of aliphatic carboxylic acids is 1. The number of benzene rings is 2. The van der Waals surface area contributed by atoms with E-state index < -0.39 is 24.2 Å². The molecular weight excluding hydrogens is 450 g/mol. The van der Waals surface area contributed by atoms with Crippen molar-refractivity contribution in [3.8, 4) is 11.1 Å². The third-order valence-electron chi connectivity index (χ3n) is 5.92. The van der Waals surface area contributed by atoms with Crippen LogP contribution < -0.4 is 5.32 Å². The summed E-state index contributed by atoms with van der Waals surface area (Å²) in [4.78, 5) is 40.3. The van der Waals surface area contributed by atoms with Gasteiger partial charge >= 0.3 is 18.2 Å². The van der Waals surface area contributed by atoms with E-state index in [1.807, 2.05) is 55.5 Å². The van der Waals surface area contributed by atoms with Gasteiger partial charge in [-0.05, 0) is 28.7 Å². The van der Waals surface area contributed by atoms with Gasteiger partial charge in [0.1, 0.15) is 19.0 Å². The van der Waals surface area contributed by atoms with Crippen molar-refractivity contribution < 1.29 is 29.0 Å². The molecule has 0 fully saturated rings. The molecule has 0 saturated carbocycles. The Morgan fingerprint density at radius 3 is 2.34 bits per heavy atom. The fraction of sp³-hybridized carbons (Fsp3) is 0.308. The van der Waals surface area contributed by atoms with Crippen LogP contribution in [0.3, 0.4) is 0 Å². The summed E-state index contributed by atoms with van der Waals surface area (Å²) >= 11 is 0. The number of amides is 1. The summed E-state index contributed by atoms with van der Waals surface area (Å²) < 4.78 is 11.7. The molecule has 1 aromatic heterocycles. The third kappa shape index (κ3) is 5.51. The van der Waals surface area contributed by atoms with Crippen LogP contribution >= 0.6 is 0 Å². The highest BCUT2D eigenvalue weighted by atomic mass is 16.6. The molecule has 3 aromatic rings. The van der Waals surface area contributed by atoms with Crippen LogP contribution in [-0.4, -0.2) is 52.1 Å². The number of unbranched alkanes of at least 4 members (excludes halogenated alkanes) is 1. The maximum atomic E-state index is 12.5. The van der Waals surface area contributed by atoms with Crippen LogP contribution in [0.5, 0.6) is 0 Å². The lowest BCUT2D eigenvalue weighted by Gasteiger charge is -2.17. The zero-order chi connectivity index (χ0) is 24.8. The van der Waals surface area contributed by atoms with Crippen molar-refractivity contribution in [2.45, 2.75) is 38.1 Å². The van der Waals surface area contributed by atoms with Gasteiger partial charge in [-0.25, -0.2) is 23.9 Å². The van der Waals surface area contributed by atoms with E-state index in [0.29, 0.717) is 12.3 Å². The highest BCUT2D eigenvalue weighted by Gasteiger charge is 2.30. The molecule has 0 aliphatic heterocycles. The number of carbonyl (C=O) groups is 3. The van der Waals surface area contributed by atoms with Crippen molar-refractivity contribution in [2.75, 3.05) is 13.2 Å². The number of rotatable bonds is 9. The molecule has 2 aromatic carbocycles. The Morgan fingerprint density at radius 2 is 1.71 bits per heavy atom. The molecule has 1 heterocycles. The second-order valence-corrected chi connectivity index (χ2v) is 8.31. The molecule has 1 aliphatic carbocycles. The first kappa shape index (κ1) is 24.0. The number of carboxylic acid groups (broad SMARTS) is 1. The predicted molar refractivity (Wildman–Crippen MR) is 127 cm³/mol. The van der Waals surface area contributed by atoms with Gasteiger partial charge in [-0.15, -0.1) is 0 Å². The van der Waals surface area contributed by atoms with E-state index in [2.05, 4.69) is 10.3 Å². The quantitative estimate of drug-likeness (QED) is 0.443. The molecule has 35 heavy (non-hydrogen) atoms. The lowest BCUT2D eigenvalue weighted by Crippen LogP contribution is -2.43. The van der Waals surface area contributed by atoms with Crippen LogP contribution in [0.25, 0.3) is 11.1 Å². The summed E-state index contributed by atoms with van der Waals surface area (Å²) in [6.07, 6.45) is 2.75. The summed E-state index contributed by atoms with van der Waals surface area (Å²) in [7, 11) is 0. The standard InChI is InChI=1S/C26H27N3O6/c1-2-3-12-34-26(33)29-14-17(27-16-29)13-23(24(30)31)28-25(32)35-15-22-20-10-6-4-8-18(20)19-9-5-7-11-21(19)22/h4-11,14,16,22-23H,2-3,12-13,15H2,1H3,(H,28,32)(H,30,31)/t23-/m1/s1. The molecule has 4 rings (SSSR count). The Kier molecular flexibility index (Phi) is 7.45. The first-order chi connectivity index (χ1) is 17.0. The van der Waals surface area contributed by atoms with Gasteiger partial charge in [0, 0.05) is 18.5 Å². The lowest BCUT2D eigenvalue weighted by atomic mass is 9.98. The number of fused-ring (bicyclic) bond motifs is 3. The SMILES string of the molecule is CCCCOC(=O)n1cnc(C[C@@H](NC(=O)OCC2c3ccccc3-c3ccccc32)C(=O)O)c1. The zero-order valence-corrected chi connectivity index (χ0v) is 19.3. The van der Waals surface area contributed by atoms with Crippen molar-refractivity contribution >= 4 is 18.2 Å². The highest BCUT2D eigenvalue weighted by molar-refractivity contribution is 5.81. The number of nitrogens with zero attached hydrogens (tertiary/aromatic N) is 2. The first-order valence-electron chi connectivity index (χ1n) is 11.5. The van der Waals surface area contributed by atoms with Gasteiger partial charge in [0.25, 0.3) is 0 Å². The van der Waals surface area contributed by atoms with Crippen molar-refractivity contribution in [3.63, 3.8) is 0 Å². The van der Waals surface area contributed by atoms with Crippen LogP contribution in [0, 0.1) is 0 Å². The van der Waals surface area contributed by atoms with Crippen LogP contribution in [0.1, 0.15) is 42.5 Å². The van der Waals surface area contributed by atoms with Crippen molar-refractivity contribution in [1.29, 1.82) is 0 Å². The molecule has 182 valence electrons. The number of imidazole rings is 1. The van der Waals surface area contributed by atoms with Gasteiger partial charge in [0.15, 0.2) is 0 Å². The maximum absolute atomic E-state index is 12.5. The predicted octanol–water partition coefficient (Wildman–Crippen LogP) is 4.20. The minimum absolute atomic E-state index is 0.0738. The molecule has 1 aliphatic rings. The molecule has 0 radical (unpaired) electrons. The Morgan fingerprint density at radius 1 is 1.06 bits per heavy atom. The molecule has 0 spiro atoms. The van der Waals surface area contributed by atoms with E-state index in [0.717, 1.165) is 39.7 Å². The summed E-state index contributed by atoms with van der Waals surface area (Å²) in [6, 6.07) is 14.6. The molecule has 0 saturated heterocycles. The number of nitrogens with one attached hydrogen (secondary N) is 1. The molecule has 9 nitrogen and oxygen atoms in total. The van der Waals surface area contributed by atoms with E-state index in [-0.39, 0.29) is 18.9 Å². The average molecular weight is 478 g/mol. The zero-order valence-electron chi connectivity index (χ0n) is 19.3. The molecule has 9 heteroatoms. The number of carbonyl (C=O) groups excluding carboxylic acids is 2. The Hall–Kier alpha value is -4.14. The minimum Gasteiger partial charge on any atom is -0.480 e. The van der Waals surface area contributed by atoms with Gasteiger partial charge in [-0.2, -0.15) is 0 Å². The fourth-order valence-corrected chi connectivity index (χ4v) is 4.14. The minimum atomic E-state index is -1.27. The number of alkyl carbamates (subject to hydrolysis) is 1. The Balaban J connectivity index is 1.36. The van der Waals surface area contributed by atoms with Crippen molar-refractivity contribution in [1.82, 2.24) is 14.9 Å². The van der Waals surface area contributed by atoms with Crippen LogP contribution in [-0.2, 0) is 20.7 Å². The number of aromatic nitrogens is 2. The molecule has 0 unspecified atom stereocenters. The highest BCUT2D eigenvalue weighted by Crippen LogP contribution is 2.44.